The zero-order chi connectivity index (χ0) is 20.2. The van der Waals surface area contributed by atoms with Crippen molar-refractivity contribution in [2.45, 2.75) is 54.9 Å². The molecule has 0 heterocycles. The molecular formula is C25H34O2. The Morgan fingerprint density at radius 2 is 1.33 bits per heavy atom. The lowest BCUT2D eigenvalue weighted by atomic mass is 9.64. The number of carbonyl (C=O) groups is 1. The minimum Gasteiger partial charge on any atom is -0.426 e. The largest absolute Gasteiger partial charge is 0.426 e. The number of esters is 1. The van der Waals surface area contributed by atoms with Crippen molar-refractivity contribution < 1.29 is 9.53 Å². The molecule has 2 rings (SSSR count). The average molecular weight is 367 g/mol. The van der Waals surface area contributed by atoms with Gasteiger partial charge in [-0.15, -0.1) is 0 Å². The van der Waals surface area contributed by atoms with Gasteiger partial charge in [0.15, 0.2) is 0 Å². The Balaban J connectivity index is 2.18. The molecule has 0 radical (unpaired) electrons. The molecule has 0 aliphatic rings. The highest BCUT2D eigenvalue weighted by molar-refractivity contribution is 5.79. The van der Waals surface area contributed by atoms with Crippen LogP contribution in [-0.4, -0.2) is 5.97 Å². The van der Waals surface area contributed by atoms with Crippen molar-refractivity contribution in [2.75, 3.05) is 0 Å². The van der Waals surface area contributed by atoms with Crippen molar-refractivity contribution >= 4 is 5.97 Å². The fourth-order valence-corrected chi connectivity index (χ4v) is 3.23. The van der Waals surface area contributed by atoms with Crippen molar-refractivity contribution in [1.82, 2.24) is 0 Å². The van der Waals surface area contributed by atoms with Gasteiger partial charge < -0.3 is 4.74 Å². The van der Waals surface area contributed by atoms with Crippen molar-refractivity contribution in [3.63, 3.8) is 0 Å². The van der Waals surface area contributed by atoms with Crippen molar-refractivity contribution in [3.05, 3.63) is 54.6 Å². The van der Waals surface area contributed by atoms with Gasteiger partial charge in [-0.25, -0.2) is 0 Å². The zero-order valence-electron chi connectivity index (χ0n) is 17.9. The molecule has 1 unspecified atom stereocenters. The summed E-state index contributed by atoms with van der Waals surface area (Å²) in [6.45, 7) is 15.2. The van der Waals surface area contributed by atoms with E-state index in [1.165, 1.54) is 0 Å². The minimum absolute atomic E-state index is 0.0647. The molecule has 0 aliphatic heterocycles. The van der Waals surface area contributed by atoms with E-state index >= 15 is 0 Å². The van der Waals surface area contributed by atoms with E-state index < -0.39 is 5.41 Å². The standard InChI is InChI=1S/C25H34O2/c1-18(2)24(5,6)17-25(7,19(3)4)23(26)27-22-15-13-21(14-16-22)20-11-9-8-10-12-20/h8-16,18-19H,17H2,1-7H3. The second-order valence-electron chi connectivity index (χ2n) is 9.17. The molecule has 2 aromatic rings. The second-order valence-corrected chi connectivity index (χ2v) is 9.17. The van der Waals surface area contributed by atoms with Gasteiger partial charge in [0.1, 0.15) is 5.75 Å². The smallest absolute Gasteiger partial charge is 0.317 e. The van der Waals surface area contributed by atoms with Crippen LogP contribution in [0.1, 0.15) is 54.9 Å². The van der Waals surface area contributed by atoms with Gasteiger partial charge in [0, 0.05) is 0 Å². The summed E-state index contributed by atoms with van der Waals surface area (Å²) in [6.07, 6.45) is 0.802. The lowest BCUT2D eigenvalue weighted by Crippen LogP contribution is -2.41. The molecule has 2 heteroatoms. The van der Waals surface area contributed by atoms with E-state index in [-0.39, 0.29) is 17.3 Å². The first-order valence-corrected chi connectivity index (χ1v) is 9.94. The predicted octanol–water partition coefficient (Wildman–Crippen LogP) is 6.99. The Bertz CT molecular complexity index is 742. The first-order chi connectivity index (χ1) is 12.6. The molecule has 0 aliphatic carbocycles. The van der Waals surface area contributed by atoms with Gasteiger partial charge in [0.05, 0.1) is 5.41 Å². The van der Waals surface area contributed by atoms with E-state index in [1.54, 1.807) is 0 Å². The summed E-state index contributed by atoms with van der Waals surface area (Å²) >= 11 is 0. The van der Waals surface area contributed by atoms with Gasteiger partial charge in [-0.1, -0.05) is 84.0 Å². The van der Waals surface area contributed by atoms with E-state index in [4.69, 9.17) is 4.74 Å². The van der Waals surface area contributed by atoms with Crippen molar-refractivity contribution in [2.24, 2.45) is 22.7 Å². The summed E-state index contributed by atoms with van der Waals surface area (Å²) in [4.78, 5) is 13.1. The first kappa shape index (κ1) is 21.2. The molecule has 2 nitrogen and oxygen atoms in total. The number of benzene rings is 2. The Labute approximate surface area is 165 Å². The molecule has 0 fully saturated rings. The summed E-state index contributed by atoms with van der Waals surface area (Å²) in [5, 5.41) is 0. The molecule has 146 valence electrons. The zero-order valence-corrected chi connectivity index (χ0v) is 17.9. The highest BCUT2D eigenvalue weighted by Crippen LogP contribution is 2.44. The fraction of sp³-hybridized carbons (Fsp3) is 0.480. The van der Waals surface area contributed by atoms with E-state index in [2.05, 4.69) is 53.7 Å². The summed E-state index contributed by atoms with van der Waals surface area (Å²) < 4.78 is 5.82. The summed E-state index contributed by atoms with van der Waals surface area (Å²) in [6, 6.07) is 18.0. The van der Waals surface area contributed by atoms with Gasteiger partial charge >= 0.3 is 5.97 Å². The van der Waals surface area contributed by atoms with E-state index in [0.717, 1.165) is 17.5 Å². The molecular weight excluding hydrogens is 332 g/mol. The Morgan fingerprint density at radius 1 is 0.815 bits per heavy atom. The van der Waals surface area contributed by atoms with Crippen molar-refractivity contribution in [3.8, 4) is 16.9 Å². The molecule has 0 saturated heterocycles. The van der Waals surface area contributed by atoms with Crippen molar-refractivity contribution in [1.29, 1.82) is 0 Å². The maximum absolute atomic E-state index is 13.1. The summed E-state index contributed by atoms with van der Waals surface area (Å²) in [5.74, 6) is 1.16. The molecule has 0 bridgehead atoms. The van der Waals surface area contributed by atoms with Gasteiger partial charge in [-0.2, -0.15) is 0 Å². The molecule has 0 amide bonds. The summed E-state index contributed by atoms with van der Waals surface area (Å²) in [5.41, 5.74) is 1.81. The predicted molar refractivity (Wildman–Crippen MR) is 114 cm³/mol. The first-order valence-electron chi connectivity index (χ1n) is 9.94. The third-order valence-electron chi connectivity index (χ3n) is 6.30. The lowest BCUT2D eigenvalue weighted by molar-refractivity contribution is -0.150. The number of ether oxygens (including phenoxy) is 1. The third kappa shape index (κ3) is 5.00. The Morgan fingerprint density at radius 3 is 1.81 bits per heavy atom. The highest BCUT2D eigenvalue weighted by Gasteiger charge is 2.43. The van der Waals surface area contributed by atoms with Gasteiger partial charge in [-0.3, -0.25) is 4.79 Å². The number of hydrogen-bond acceptors (Lipinski definition) is 2. The minimum atomic E-state index is -0.522. The van der Waals surface area contributed by atoms with Crippen LogP contribution in [0, 0.1) is 22.7 Å². The monoisotopic (exact) mass is 366 g/mol. The van der Waals surface area contributed by atoms with Crippen LogP contribution in [0.3, 0.4) is 0 Å². The molecule has 1 atom stereocenters. The third-order valence-corrected chi connectivity index (χ3v) is 6.30. The maximum atomic E-state index is 13.1. The van der Waals surface area contributed by atoms with Crippen LogP contribution in [0.2, 0.25) is 0 Å². The fourth-order valence-electron chi connectivity index (χ4n) is 3.23. The van der Waals surface area contributed by atoms with Crippen LogP contribution in [0.15, 0.2) is 54.6 Å². The number of carbonyl (C=O) groups excluding carboxylic acids is 1. The Hall–Kier alpha value is -2.09. The molecule has 0 N–H and O–H groups in total. The second kappa shape index (κ2) is 8.29. The van der Waals surface area contributed by atoms with E-state index in [0.29, 0.717) is 11.7 Å². The molecule has 0 saturated carbocycles. The van der Waals surface area contributed by atoms with E-state index in [1.807, 2.05) is 49.4 Å². The van der Waals surface area contributed by atoms with Gasteiger partial charge in [0.25, 0.3) is 0 Å². The molecule has 0 spiro atoms. The molecule has 0 aromatic heterocycles. The maximum Gasteiger partial charge on any atom is 0.317 e. The van der Waals surface area contributed by atoms with Crippen LogP contribution >= 0.6 is 0 Å². The number of rotatable bonds is 7. The number of hydrogen-bond donors (Lipinski definition) is 0. The lowest BCUT2D eigenvalue weighted by Gasteiger charge is -2.40. The van der Waals surface area contributed by atoms with Gasteiger partial charge in [0.2, 0.25) is 0 Å². The highest BCUT2D eigenvalue weighted by atomic mass is 16.5. The van der Waals surface area contributed by atoms with Crippen LogP contribution < -0.4 is 4.74 Å². The molecule has 27 heavy (non-hydrogen) atoms. The van der Waals surface area contributed by atoms with Gasteiger partial charge in [-0.05, 0) is 53.9 Å². The average Bonchev–Trinajstić information content (AvgIpc) is 2.62. The topological polar surface area (TPSA) is 26.3 Å². The quantitative estimate of drug-likeness (QED) is 0.390. The molecule has 2 aromatic carbocycles. The van der Waals surface area contributed by atoms with Crippen LogP contribution in [-0.2, 0) is 4.79 Å². The van der Waals surface area contributed by atoms with Crippen LogP contribution in [0.25, 0.3) is 11.1 Å². The van der Waals surface area contributed by atoms with E-state index in [9.17, 15) is 4.79 Å². The summed E-state index contributed by atoms with van der Waals surface area (Å²) in [7, 11) is 0. The SMILES string of the molecule is CC(C)C(C)(C)CC(C)(C(=O)Oc1ccc(-c2ccccc2)cc1)C(C)C. The Kier molecular flexibility index (Phi) is 6.51. The van der Waals surface area contributed by atoms with Crippen LogP contribution in [0.5, 0.6) is 5.75 Å². The van der Waals surface area contributed by atoms with Crippen LogP contribution in [0.4, 0.5) is 0 Å². The normalized spacial score (nSPS) is 14.3.